The van der Waals surface area contributed by atoms with Crippen molar-refractivity contribution in [2.75, 3.05) is 6.61 Å². The SMILES string of the molecule is CCOc1nc(Cl)nc(Oc2ccc(F)cc2C)n1. The number of aromatic nitrogens is 3. The van der Waals surface area contributed by atoms with Crippen molar-refractivity contribution in [2.45, 2.75) is 13.8 Å². The number of halogens is 2. The highest BCUT2D eigenvalue weighted by Gasteiger charge is 2.09. The first-order valence-electron chi connectivity index (χ1n) is 5.57. The van der Waals surface area contributed by atoms with Crippen LogP contribution in [-0.2, 0) is 0 Å². The minimum absolute atomic E-state index is 0.00171. The Bertz CT molecular complexity index is 595. The molecule has 1 heterocycles. The lowest BCUT2D eigenvalue weighted by atomic mass is 10.2. The molecule has 0 amide bonds. The van der Waals surface area contributed by atoms with Gasteiger partial charge in [-0.05, 0) is 49.2 Å². The standard InChI is InChI=1S/C12H11ClFN3O2/c1-3-18-11-15-10(13)16-12(17-11)19-9-5-4-8(14)6-7(9)2/h4-6H,3H2,1-2H3. The molecule has 2 aromatic rings. The van der Waals surface area contributed by atoms with Gasteiger partial charge in [-0.3, -0.25) is 0 Å². The van der Waals surface area contributed by atoms with Crippen LogP contribution in [0.5, 0.6) is 17.8 Å². The van der Waals surface area contributed by atoms with E-state index in [1.54, 1.807) is 13.8 Å². The maximum atomic E-state index is 13.0. The normalized spacial score (nSPS) is 10.3. The third kappa shape index (κ3) is 3.51. The second-order valence-corrected chi connectivity index (χ2v) is 3.95. The molecule has 0 fully saturated rings. The molecule has 0 aliphatic carbocycles. The van der Waals surface area contributed by atoms with Gasteiger partial charge in [0.2, 0.25) is 5.28 Å². The highest BCUT2D eigenvalue weighted by Crippen LogP contribution is 2.24. The van der Waals surface area contributed by atoms with Gasteiger partial charge in [0.05, 0.1) is 6.61 Å². The van der Waals surface area contributed by atoms with Gasteiger partial charge in [0.1, 0.15) is 11.6 Å². The summed E-state index contributed by atoms with van der Waals surface area (Å²) >= 11 is 5.73. The van der Waals surface area contributed by atoms with Gasteiger partial charge in [0, 0.05) is 0 Å². The second kappa shape index (κ2) is 5.79. The van der Waals surface area contributed by atoms with Crippen LogP contribution in [0.4, 0.5) is 4.39 Å². The van der Waals surface area contributed by atoms with Crippen LogP contribution in [-0.4, -0.2) is 21.6 Å². The van der Waals surface area contributed by atoms with E-state index in [0.29, 0.717) is 17.9 Å². The van der Waals surface area contributed by atoms with Gasteiger partial charge >= 0.3 is 12.0 Å². The zero-order valence-corrected chi connectivity index (χ0v) is 11.1. The molecule has 0 N–H and O–H groups in total. The Hall–Kier alpha value is -1.95. The number of ether oxygens (including phenoxy) is 2. The largest absolute Gasteiger partial charge is 0.464 e. The summed E-state index contributed by atoms with van der Waals surface area (Å²) in [5, 5.41) is -0.0341. The van der Waals surface area contributed by atoms with Crippen LogP contribution in [0.3, 0.4) is 0 Å². The van der Waals surface area contributed by atoms with Gasteiger partial charge < -0.3 is 9.47 Å². The van der Waals surface area contributed by atoms with Crippen LogP contribution < -0.4 is 9.47 Å². The molecule has 0 spiro atoms. The van der Waals surface area contributed by atoms with E-state index in [4.69, 9.17) is 21.1 Å². The summed E-state index contributed by atoms with van der Waals surface area (Å²) in [7, 11) is 0. The minimum Gasteiger partial charge on any atom is -0.464 e. The van der Waals surface area contributed by atoms with Crippen LogP contribution in [0.25, 0.3) is 0 Å². The van der Waals surface area contributed by atoms with Crippen molar-refractivity contribution in [1.82, 2.24) is 15.0 Å². The Morgan fingerprint density at radius 2 is 1.95 bits per heavy atom. The average molecular weight is 284 g/mol. The summed E-state index contributed by atoms with van der Waals surface area (Å²) < 4.78 is 23.5. The molecule has 0 aliphatic heterocycles. The van der Waals surface area contributed by atoms with Crippen LogP contribution in [0, 0.1) is 12.7 Å². The summed E-state index contributed by atoms with van der Waals surface area (Å²) in [4.78, 5) is 11.5. The first-order valence-corrected chi connectivity index (χ1v) is 5.94. The molecule has 0 bridgehead atoms. The zero-order valence-electron chi connectivity index (χ0n) is 10.4. The van der Waals surface area contributed by atoms with Gasteiger partial charge in [-0.2, -0.15) is 9.97 Å². The van der Waals surface area contributed by atoms with E-state index >= 15 is 0 Å². The highest BCUT2D eigenvalue weighted by molar-refractivity contribution is 6.28. The number of nitrogens with zero attached hydrogens (tertiary/aromatic N) is 3. The summed E-state index contributed by atoms with van der Waals surface area (Å²) in [6, 6.07) is 4.20. The summed E-state index contributed by atoms with van der Waals surface area (Å²) in [6.07, 6.45) is 0. The van der Waals surface area contributed by atoms with Crippen LogP contribution in [0.15, 0.2) is 18.2 Å². The van der Waals surface area contributed by atoms with Gasteiger partial charge in [-0.15, -0.1) is 4.98 Å². The van der Waals surface area contributed by atoms with Gasteiger partial charge in [-0.1, -0.05) is 0 Å². The fraction of sp³-hybridized carbons (Fsp3) is 0.250. The second-order valence-electron chi connectivity index (χ2n) is 3.61. The van der Waals surface area contributed by atoms with Crippen molar-refractivity contribution in [3.63, 3.8) is 0 Å². The number of rotatable bonds is 4. The van der Waals surface area contributed by atoms with E-state index in [1.807, 2.05) is 0 Å². The monoisotopic (exact) mass is 283 g/mol. The highest BCUT2D eigenvalue weighted by atomic mass is 35.5. The summed E-state index contributed by atoms with van der Waals surface area (Å²) in [6.45, 7) is 3.91. The van der Waals surface area contributed by atoms with Crippen LogP contribution in [0.1, 0.15) is 12.5 Å². The van der Waals surface area contributed by atoms with E-state index < -0.39 is 0 Å². The predicted octanol–water partition coefficient (Wildman–Crippen LogP) is 3.16. The maximum absolute atomic E-state index is 13.0. The molecule has 0 radical (unpaired) electrons. The molecule has 5 nitrogen and oxygen atoms in total. The lowest BCUT2D eigenvalue weighted by Crippen LogP contribution is -2.02. The molecule has 0 saturated carbocycles. The van der Waals surface area contributed by atoms with Crippen molar-refractivity contribution in [3.05, 3.63) is 34.9 Å². The maximum Gasteiger partial charge on any atom is 0.329 e. The quantitative estimate of drug-likeness (QED) is 0.862. The molecule has 7 heteroatoms. The first kappa shape index (κ1) is 13.5. The average Bonchev–Trinajstić information content (AvgIpc) is 2.32. The fourth-order valence-corrected chi connectivity index (χ4v) is 1.52. The van der Waals surface area contributed by atoms with Crippen molar-refractivity contribution >= 4 is 11.6 Å². The van der Waals surface area contributed by atoms with E-state index in [2.05, 4.69) is 15.0 Å². The first-order chi connectivity index (χ1) is 9.08. The Labute approximate surface area is 114 Å². The van der Waals surface area contributed by atoms with Gasteiger partial charge in [0.15, 0.2) is 0 Å². The molecule has 100 valence electrons. The third-order valence-corrected chi connectivity index (χ3v) is 2.35. The number of benzene rings is 1. The molecule has 19 heavy (non-hydrogen) atoms. The van der Waals surface area contributed by atoms with E-state index in [1.165, 1.54) is 18.2 Å². The number of hydrogen-bond donors (Lipinski definition) is 0. The Balaban J connectivity index is 2.27. The van der Waals surface area contributed by atoms with Crippen molar-refractivity contribution in [3.8, 4) is 17.8 Å². The smallest absolute Gasteiger partial charge is 0.329 e. The summed E-state index contributed by atoms with van der Waals surface area (Å²) in [5.74, 6) is 0.0969. The van der Waals surface area contributed by atoms with Crippen LogP contribution >= 0.6 is 11.6 Å². The molecule has 0 aliphatic rings. The fourth-order valence-electron chi connectivity index (χ4n) is 1.38. The lowest BCUT2D eigenvalue weighted by Gasteiger charge is -2.08. The molecular formula is C12H11ClFN3O2. The Morgan fingerprint density at radius 1 is 1.21 bits per heavy atom. The summed E-state index contributed by atoms with van der Waals surface area (Å²) in [5.41, 5.74) is 0.620. The molecule has 1 aromatic heterocycles. The third-order valence-electron chi connectivity index (χ3n) is 2.18. The molecule has 1 aromatic carbocycles. The molecule has 0 unspecified atom stereocenters. The van der Waals surface area contributed by atoms with E-state index in [0.717, 1.165) is 0 Å². The van der Waals surface area contributed by atoms with Crippen molar-refractivity contribution < 1.29 is 13.9 Å². The molecular weight excluding hydrogens is 273 g/mol. The Kier molecular flexibility index (Phi) is 4.11. The topological polar surface area (TPSA) is 57.1 Å². The number of hydrogen-bond acceptors (Lipinski definition) is 5. The predicted molar refractivity (Wildman–Crippen MR) is 67.2 cm³/mol. The van der Waals surface area contributed by atoms with E-state index in [-0.39, 0.29) is 23.1 Å². The van der Waals surface area contributed by atoms with Crippen molar-refractivity contribution in [1.29, 1.82) is 0 Å². The Morgan fingerprint density at radius 3 is 2.63 bits per heavy atom. The number of aryl methyl sites for hydroxylation is 1. The molecule has 0 saturated heterocycles. The van der Waals surface area contributed by atoms with Crippen molar-refractivity contribution in [2.24, 2.45) is 0 Å². The zero-order chi connectivity index (χ0) is 13.8. The van der Waals surface area contributed by atoms with Crippen LogP contribution in [0.2, 0.25) is 5.28 Å². The minimum atomic E-state index is -0.339. The molecule has 0 atom stereocenters. The van der Waals surface area contributed by atoms with Gasteiger partial charge in [0.25, 0.3) is 0 Å². The molecule has 2 rings (SSSR count). The van der Waals surface area contributed by atoms with Gasteiger partial charge in [-0.25, -0.2) is 4.39 Å². The van der Waals surface area contributed by atoms with E-state index in [9.17, 15) is 4.39 Å². The lowest BCUT2D eigenvalue weighted by molar-refractivity contribution is 0.303.